The maximum absolute atomic E-state index is 12.1. The van der Waals surface area contributed by atoms with Crippen LogP contribution in [-0.2, 0) is 10.3 Å². The predicted octanol–water partition coefficient (Wildman–Crippen LogP) is 3.76. The van der Waals surface area contributed by atoms with Crippen molar-refractivity contribution in [3.8, 4) is 5.75 Å². The van der Waals surface area contributed by atoms with Crippen LogP contribution >= 0.6 is 0 Å². The lowest BCUT2D eigenvalue weighted by atomic mass is 9.76. The Morgan fingerprint density at radius 2 is 1.61 bits per heavy atom. The van der Waals surface area contributed by atoms with Gasteiger partial charge in [0.05, 0.1) is 18.9 Å². The second kappa shape index (κ2) is 8.35. The molecule has 5 heteroatoms. The van der Waals surface area contributed by atoms with Gasteiger partial charge in [-0.3, -0.25) is 4.90 Å². The van der Waals surface area contributed by atoms with E-state index < -0.39 is 5.60 Å². The van der Waals surface area contributed by atoms with Crippen LogP contribution in [0.3, 0.4) is 0 Å². The number of anilines is 2. The van der Waals surface area contributed by atoms with Crippen LogP contribution in [0.4, 0.5) is 11.4 Å². The largest absolute Gasteiger partial charge is 0.492 e. The highest BCUT2D eigenvalue weighted by molar-refractivity contribution is 5.79. The van der Waals surface area contributed by atoms with Gasteiger partial charge in [-0.2, -0.15) is 0 Å². The molecule has 0 bridgehead atoms. The fraction of sp³-hybridized carbons (Fsp3) is 0.308. The van der Waals surface area contributed by atoms with Crippen molar-refractivity contribution in [3.05, 3.63) is 89.5 Å². The van der Waals surface area contributed by atoms with Crippen LogP contribution in [0.5, 0.6) is 5.75 Å². The quantitative estimate of drug-likeness (QED) is 0.686. The molecular formula is C26H28N2O3. The number of morpholine rings is 1. The van der Waals surface area contributed by atoms with Gasteiger partial charge in [0.15, 0.2) is 0 Å². The Labute approximate surface area is 183 Å². The molecule has 5 nitrogen and oxygen atoms in total. The van der Waals surface area contributed by atoms with E-state index in [2.05, 4.69) is 15.9 Å². The van der Waals surface area contributed by atoms with E-state index >= 15 is 0 Å². The number of para-hydroxylation sites is 1. The third-order valence-electron chi connectivity index (χ3n) is 6.35. The molecule has 5 rings (SSSR count). The molecule has 0 radical (unpaired) electrons. The molecule has 1 N–H and O–H groups in total. The molecule has 0 spiro atoms. The van der Waals surface area contributed by atoms with Crippen molar-refractivity contribution in [2.75, 3.05) is 51.4 Å². The van der Waals surface area contributed by atoms with Gasteiger partial charge in [0.2, 0.25) is 0 Å². The zero-order chi connectivity index (χ0) is 21.3. The minimum absolute atomic E-state index is 0.627. The number of rotatable bonds is 5. The summed E-state index contributed by atoms with van der Waals surface area (Å²) in [5, 5.41) is 12.1. The Hall–Kier alpha value is -2.86. The molecule has 0 saturated carbocycles. The third kappa shape index (κ3) is 3.59. The molecule has 1 unspecified atom stereocenters. The van der Waals surface area contributed by atoms with Crippen molar-refractivity contribution in [2.45, 2.75) is 5.60 Å². The van der Waals surface area contributed by atoms with Crippen molar-refractivity contribution in [3.63, 3.8) is 0 Å². The Morgan fingerprint density at radius 1 is 0.903 bits per heavy atom. The Balaban J connectivity index is 1.48. The summed E-state index contributed by atoms with van der Waals surface area (Å²) in [6, 6.07) is 23.9. The van der Waals surface area contributed by atoms with E-state index in [1.165, 1.54) is 0 Å². The van der Waals surface area contributed by atoms with Gasteiger partial charge in [0.25, 0.3) is 0 Å². The molecule has 3 aromatic carbocycles. The number of aliphatic hydroxyl groups is 1. The number of benzene rings is 3. The van der Waals surface area contributed by atoms with E-state index in [-0.39, 0.29) is 0 Å². The average Bonchev–Trinajstić information content (AvgIpc) is 2.84. The molecule has 2 aliphatic heterocycles. The minimum Gasteiger partial charge on any atom is -0.492 e. The standard InChI is InChI=1S/C26H28N2O3/c1-27-24-10-6-5-9-22(24)26(29,20-7-3-2-4-8-20)23-12-11-21(19-25(23)27)31-18-15-28-13-16-30-17-14-28/h2-12,19,29H,13-18H2,1H3. The fourth-order valence-electron chi connectivity index (χ4n) is 4.64. The van der Waals surface area contributed by atoms with Crippen molar-refractivity contribution in [2.24, 2.45) is 0 Å². The van der Waals surface area contributed by atoms with Crippen molar-refractivity contribution >= 4 is 11.4 Å². The lowest BCUT2D eigenvalue weighted by molar-refractivity contribution is 0.0322. The molecule has 1 fully saturated rings. The molecule has 3 aromatic rings. The van der Waals surface area contributed by atoms with E-state index in [9.17, 15) is 5.11 Å². The van der Waals surface area contributed by atoms with Crippen LogP contribution < -0.4 is 9.64 Å². The topological polar surface area (TPSA) is 45.2 Å². The first-order valence-electron chi connectivity index (χ1n) is 10.9. The molecule has 2 heterocycles. The van der Waals surface area contributed by atoms with Crippen LogP contribution in [0.2, 0.25) is 0 Å². The molecule has 0 aliphatic carbocycles. The predicted molar refractivity (Wildman–Crippen MR) is 122 cm³/mol. The smallest absolute Gasteiger partial charge is 0.144 e. The van der Waals surface area contributed by atoms with Gasteiger partial charge in [0, 0.05) is 49.6 Å². The van der Waals surface area contributed by atoms with E-state index in [4.69, 9.17) is 9.47 Å². The first-order valence-corrected chi connectivity index (χ1v) is 10.9. The average molecular weight is 417 g/mol. The lowest BCUT2D eigenvalue weighted by Gasteiger charge is -2.41. The molecule has 0 amide bonds. The van der Waals surface area contributed by atoms with Gasteiger partial charge < -0.3 is 19.5 Å². The lowest BCUT2D eigenvalue weighted by Crippen LogP contribution is -2.38. The molecule has 2 aliphatic rings. The van der Waals surface area contributed by atoms with E-state index in [1.807, 2.05) is 73.8 Å². The third-order valence-corrected chi connectivity index (χ3v) is 6.35. The van der Waals surface area contributed by atoms with Crippen LogP contribution in [-0.4, -0.2) is 56.5 Å². The van der Waals surface area contributed by atoms with Gasteiger partial charge in [-0.15, -0.1) is 0 Å². The summed E-state index contributed by atoms with van der Waals surface area (Å²) in [5.74, 6) is 0.814. The van der Waals surface area contributed by atoms with E-state index in [0.717, 1.165) is 66.7 Å². The van der Waals surface area contributed by atoms with Gasteiger partial charge >= 0.3 is 0 Å². The number of hydrogen-bond acceptors (Lipinski definition) is 5. The van der Waals surface area contributed by atoms with Crippen LogP contribution in [0.15, 0.2) is 72.8 Å². The van der Waals surface area contributed by atoms with Crippen LogP contribution in [0, 0.1) is 0 Å². The number of nitrogens with zero attached hydrogens (tertiary/aromatic N) is 2. The summed E-state index contributed by atoms with van der Waals surface area (Å²) in [6.45, 7) is 5.01. The summed E-state index contributed by atoms with van der Waals surface area (Å²) in [6.07, 6.45) is 0. The van der Waals surface area contributed by atoms with Crippen molar-refractivity contribution in [1.29, 1.82) is 0 Å². The highest BCUT2D eigenvalue weighted by atomic mass is 16.5. The molecular weight excluding hydrogens is 388 g/mol. The minimum atomic E-state index is -1.22. The molecule has 1 atom stereocenters. The monoisotopic (exact) mass is 416 g/mol. The normalized spacial score (nSPS) is 20.8. The highest BCUT2D eigenvalue weighted by Crippen LogP contribution is 2.51. The van der Waals surface area contributed by atoms with Gasteiger partial charge in [-0.05, 0) is 23.8 Å². The van der Waals surface area contributed by atoms with Crippen molar-refractivity contribution < 1.29 is 14.6 Å². The van der Waals surface area contributed by atoms with Crippen LogP contribution in [0.25, 0.3) is 0 Å². The summed E-state index contributed by atoms with van der Waals surface area (Å²) >= 11 is 0. The highest BCUT2D eigenvalue weighted by Gasteiger charge is 2.42. The van der Waals surface area contributed by atoms with Crippen molar-refractivity contribution in [1.82, 2.24) is 4.90 Å². The number of fused-ring (bicyclic) bond motifs is 2. The maximum Gasteiger partial charge on any atom is 0.144 e. The fourth-order valence-corrected chi connectivity index (χ4v) is 4.64. The molecule has 160 valence electrons. The zero-order valence-corrected chi connectivity index (χ0v) is 17.8. The molecule has 31 heavy (non-hydrogen) atoms. The first-order chi connectivity index (χ1) is 15.2. The van der Waals surface area contributed by atoms with Gasteiger partial charge in [-0.25, -0.2) is 0 Å². The first kappa shape index (κ1) is 20.1. The second-order valence-electron chi connectivity index (χ2n) is 8.13. The van der Waals surface area contributed by atoms with Crippen LogP contribution in [0.1, 0.15) is 16.7 Å². The SMILES string of the molecule is CN1c2ccccc2C(O)(c2ccccc2)c2ccc(OCCN3CCOCC3)cc21. The second-order valence-corrected chi connectivity index (χ2v) is 8.13. The Morgan fingerprint density at radius 3 is 2.42 bits per heavy atom. The molecule has 0 aromatic heterocycles. The Kier molecular flexibility index (Phi) is 5.40. The van der Waals surface area contributed by atoms with Gasteiger partial charge in [0.1, 0.15) is 18.0 Å². The van der Waals surface area contributed by atoms with E-state index in [0.29, 0.717) is 6.61 Å². The Bertz CT molecular complexity index is 1050. The zero-order valence-electron chi connectivity index (χ0n) is 17.8. The van der Waals surface area contributed by atoms with Gasteiger partial charge in [-0.1, -0.05) is 48.5 Å². The molecule has 1 saturated heterocycles. The number of ether oxygens (including phenoxy) is 2. The maximum atomic E-state index is 12.1. The summed E-state index contributed by atoms with van der Waals surface area (Å²) in [4.78, 5) is 4.50. The summed E-state index contributed by atoms with van der Waals surface area (Å²) < 4.78 is 11.5. The number of hydrogen-bond donors (Lipinski definition) is 1. The van der Waals surface area contributed by atoms with E-state index in [1.54, 1.807) is 0 Å². The summed E-state index contributed by atoms with van der Waals surface area (Å²) in [5.41, 5.74) is 3.34. The summed E-state index contributed by atoms with van der Waals surface area (Å²) in [7, 11) is 2.04.